The van der Waals surface area contributed by atoms with Crippen LogP contribution in [0.5, 0.6) is 0 Å². The number of carbonyl (C=O) groups is 1. The van der Waals surface area contributed by atoms with E-state index in [9.17, 15) is 22.8 Å². The van der Waals surface area contributed by atoms with Gasteiger partial charge < -0.3 is 20.4 Å². The number of aromatic nitrogens is 1. The number of hydrogen-bond donors (Lipinski definition) is 3. The summed E-state index contributed by atoms with van der Waals surface area (Å²) in [5.41, 5.74) is -2.34. The van der Waals surface area contributed by atoms with Crippen molar-refractivity contribution >= 4 is 11.7 Å². The molecule has 0 fully saturated rings. The largest absolute Gasteiger partial charge is 0.417 e. The third-order valence-electron chi connectivity index (χ3n) is 2.85. The predicted octanol–water partition coefficient (Wildman–Crippen LogP) is 2.58. The second kappa shape index (κ2) is 8.56. The molecule has 0 aliphatic heterocycles. The van der Waals surface area contributed by atoms with Gasteiger partial charge in [0.25, 0.3) is 5.56 Å². The summed E-state index contributed by atoms with van der Waals surface area (Å²) in [6.45, 7) is 5.14. The quantitative estimate of drug-likeness (QED) is 0.670. The Bertz CT molecular complexity index is 570. The molecular formula is C14H20F3N3O3. The van der Waals surface area contributed by atoms with Gasteiger partial charge in [0.05, 0.1) is 12.2 Å². The summed E-state index contributed by atoms with van der Waals surface area (Å²) >= 11 is 0. The van der Waals surface area contributed by atoms with Crippen molar-refractivity contribution in [2.75, 3.05) is 25.1 Å². The van der Waals surface area contributed by atoms with Crippen LogP contribution in [0.15, 0.2) is 17.1 Å². The Morgan fingerprint density at radius 2 is 2.04 bits per heavy atom. The molecule has 23 heavy (non-hydrogen) atoms. The van der Waals surface area contributed by atoms with E-state index in [-0.39, 0.29) is 13.2 Å². The van der Waals surface area contributed by atoms with E-state index in [2.05, 4.69) is 24.5 Å². The van der Waals surface area contributed by atoms with Gasteiger partial charge in [-0.05, 0) is 18.4 Å². The Labute approximate surface area is 131 Å². The first kappa shape index (κ1) is 19.0. The first-order valence-corrected chi connectivity index (χ1v) is 7.12. The monoisotopic (exact) mass is 335 g/mol. The maximum atomic E-state index is 12.5. The molecule has 9 heteroatoms. The molecule has 0 bridgehead atoms. The van der Waals surface area contributed by atoms with Crippen molar-refractivity contribution in [3.8, 4) is 0 Å². The molecule has 0 aromatic carbocycles. The van der Waals surface area contributed by atoms with Crippen molar-refractivity contribution in [3.63, 3.8) is 0 Å². The van der Waals surface area contributed by atoms with Crippen LogP contribution in [0.4, 0.5) is 23.7 Å². The summed E-state index contributed by atoms with van der Waals surface area (Å²) in [5.74, 6) is 0.513. The summed E-state index contributed by atoms with van der Waals surface area (Å²) in [4.78, 5) is 24.9. The normalized spacial score (nSPS) is 11.6. The van der Waals surface area contributed by atoms with Crippen molar-refractivity contribution in [2.45, 2.75) is 26.4 Å². The zero-order valence-corrected chi connectivity index (χ0v) is 12.9. The lowest BCUT2D eigenvalue weighted by molar-refractivity contribution is -0.137. The summed E-state index contributed by atoms with van der Waals surface area (Å²) in [6.07, 6.45) is -3.17. The molecule has 3 N–H and O–H groups in total. The molecule has 0 spiro atoms. The van der Waals surface area contributed by atoms with Crippen molar-refractivity contribution in [3.05, 3.63) is 28.2 Å². The van der Waals surface area contributed by atoms with Gasteiger partial charge in [0.2, 0.25) is 0 Å². The van der Waals surface area contributed by atoms with E-state index in [1.807, 2.05) is 4.98 Å². The minimum Gasteiger partial charge on any atom is -0.380 e. The van der Waals surface area contributed by atoms with E-state index < -0.39 is 29.0 Å². The second-order valence-corrected chi connectivity index (χ2v) is 5.30. The lowest BCUT2D eigenvalue weighted by Gasteiger charge is -2.10. The molecule has 1 rings (SSSR count). The number of alkyl halides is 3. The van der Waals surface area contributed by atoms with Crippen LogP contribution in [0.25, 0.3) is 0 Å². The molecule has 1 heterocycles. The Morgan fingerprint density at radius 3 is 2.65 bits per heavy atom. The molecule has 0 saturated carbocycles. The van der Waals surface area contributed by atoms with Gasteiger partial charge >= 0.3 is 12.2 Å². The van der Waals surface area contributed by atoms with E-state index in [0.717, 1.165) is 6.42 Å². The molecule has 0 aliphatic carbocycles. The summed E-state index contributed by atoms with van der Waals surface area (Å²) in [6, 6.07) is -0.195. The molecule has 0 atom stereocenters. The van der Waals surface area contributed by atoms with Crippen LogP contribution >= 0.6 is 0 Å². The maximum Gasteiger partial charge on any atom is 0.417 e. The van der Waals surface area contributed by atoms with Crippen molar-refractivity contribution in [1.82, 2.24) is 10.3 Å². The van der Waals surface area contributed by atoms with E-state index >= 15 is 0 Å². The fourth-order valence-corrected chi connectivity index (χ4v) is 1.56. The van der Waals surface area contributed by atoms with E-state index in [1.165, 1.54) is 0 Å². The number of hydrogen-bond acceptors (Lipinski definition) is 3. The van der Waals surface area contributed by atoms with Gasteiger partial charge in [-0.3, -0.25) is 4.79 Å². The number of halogens is 3. The maximum absolute atomic E-state index is 12.5. The van der Waals surface area contributed by atoms with Crippen LogP contribution in [0.2, 0.25) is 0 Å². The Hall–Kier alpha value is -2.03. The fourth-order valence-electron chi connectivity index (χ4n) is 1.56. The van der Waals surface area contributed by atoms with E-state index in [1.54, 1.807) is 0 Å². The molecule has 0 unspecified atom stereocenters. The standard InChI is InChI=1S/C14H20F3N3O3/c1-9(2)3-5-23-6-4-18-13(22)20-11-7-10(14(15,16)17)8-19-12(11)21/h7-9H,3-6H2,1-2H3,(H,19,21)(H2,18,20,22). The second-order valence-electron chi connectivity index (χ2n) is 5.30. The van der Waals surface area contributed by atoms with Gasteiger partial charge in [-0.25, -0.2) is 4.79 Å². The lowest BCUT2D eigenvalue weighted by atomic mass is 10.1. The van der Waals surface area contributed by atoms with E-state index in [4.69, 9.17) is 4.74 Å². The number of anilines is 1. The van der Waals surface area contributed by atoms with Crippen LogP contribution in [-0.4, -0.2) is 30.8 Å². The molecule has 6 nitrogen and oxygen atoms in total. The smallest absolute Gasteiger partial charge is 0.380 e. The molecule has 0 radical (unpaired) electrons. The van der Waals surface area contributed by atoms with E-state index in [0.29, 0.717) is 24.8 Å². The molecule has 130 valence electrons. The topological polar surface area (TPSA) is 83.2 Å². The van der Waals surface area contributed by atoms with Crippen molar-refractivity contribution in [1.29, 1.82) is 0 Å². The van der Waals surface area contributed by atoms with Crippen LogP contribution in [0.1, 0.15) is 25.8 Å². The van der Waals surface area contributed by atoms with Gasteiger partial charge in [-0.1, -0.05) is 13.8 Å². The predicted molar refractivity (Wildman–Crippen MR) is 79.4 cm³/mol. The van der Waals surface area contributed by atoms with Gasteiger partial charge in [-0.2, -0.15) is 13.2 Å². The first-order chi connectivity index (χ1) is 10.7. The molecule has 0 aliphatic rings. The van der Waals surface area contributed by atoms with Crippen molar-refractivity contribution < 1.29 is 22.7 Å². The van der Waals surface area contributed by atoms with Crippen LogP contribution in [-0.2, 0) is 10.9 Å². The first-order valence-electron chi connectivity index (χ1n) is 7.12. The Kier molecular flexibility index (Phi) is 7.08. The Balaban J connectivity index is 2.44. The number of pyridine rings is 1. The average molecular weight is 335 g/mol. The number of rotatable bonds is 7. The zero-order chi connectivity index (χ0) is 17.5. The molecule has 0 saturated heterocycles. The van der Waals surface area contributed by atoms with Gasteiger partial charge in [-0.15, -0.1) is 0 Å². The number of urea groups is 1. The van der Waals surface area contributed by atoms with Gasteiger partial charge in [0.1, 0.15) is 5.69 Å². The van der Waals surface area contributed by atoms with Gasteiger partial charge in [0.15, 0.2) is 0 Å². The average Bonchev–Trinajstić information content (AvgIpc) is 2.43. The number of H-pyrrole nitrogens is 1. The highest BCUT2D eigenvalue weighted by Gasteiger charge is 2.31. The summed E-state index contributed by atoms with van der Waals surface area (Å²) in [5, 5.41) is 4.48. The Morgan fingerprint density at radius 1 is 1.35 bits per heavy atom. The third kappa shape index (κ3) is 7.18. The third-order valence-corrected chi connectivity index (χ3v) is 2.85. The van der Waals surface area contributed by atoms with Gasteiger partial charge in [0, 0.05) is 19.3 Å². The minimum atomic E-state index is -4.61. The number of nitrogens with one attached hydrogen (secondary N) is 3. The molecular weight excluding hydrogens is 315 g/mol. The number of amides is 2. The molecule has 2 amide bonds. The highest BCUT2D eigenvalue weighted by atomic mass is 19.4. The number of ether oxygens (including phenoxy) is 1. The van der Waals surface area contributed by atoms with Crippen LogP contribution < -0.4 is 16.2 Å². The summed E-state index contributed by atoms with van der Waals surface area (Å²) < 4.78 is 42.9. The lowest BCUT2D eigenvalue weighted by Crippen LogP contribution is -2.33. The summed E-state index contributed by atoms with van der Waals surface area (Å²) in [7, 11) is 0. The SMILES string of the molecule is CC(C)CCOCCNC(=O)Nc1cc(C(F)(F)F)c[nH]c1=O. The van der Waals surface area contributed by atoms with Crippen LogP contribution in [0.3, 0.4) is 0 Å². The molecule has 1 aromatic heterocycles. The molecule has 1 aromatic rings. The highest BCUT2D eigenvalue weighted by Crippen LogP contribution is 2.28. The number of aromatic amines is 1. The zero-order valence-electron chi connectivity index (χ0n) is 12.9. The highest BCUT2D eigenvalue weighted by molar-refractivity contribution is 5.89. The number of carbonyl (C=O) groups excluding carboxylic acids is 1. The minimum absolute atomic E-state index is 0.181. The van der Waals surface area contributed by atoms with Crippen LogP contribution in [0, 0.1) is 5.92 Å². The van der Waals surface area contributed by atoms with Crippen molar-refractivity contribution in [2.24, 2.45) is 5.92 Å². The fraction of sp³-hybridized carbons (Fsp3) is 0.571.